The fraction of sp³-hybridized carbons (Fsp3) is 1.00. The van der Waals surface area contributed by atoms with Crippen molar-refractivity contribution in [1.82, 2.24) is 10.6 Å². The lowest BCUT2D eigenvalue weighted by atomic mass is 10.1. The van der Waals surface area contributed by atoms with E-state index >= 15 is 0 Å². The molecule has 14 heavy (non-hydrogen) atoms. The molecule has 0 spiro atoms. The maximum Gasteiger partial charge on any atom is -0.00110 e. The molecule has 0 saturated carbocycles. The second kappa shape index (κ2) is 9.47. The molecule has 0 fully saturated rings. The van der Waals surface area contributed by atoms with Crippen LogP contribution in [0.5, 0.6) is 0 Å². The Morgan fingerprint density at radius 2 is 1.71 bits per heavy atom. The van der Waals surface area contributed by atoms with Crippen molar-refractivity contribution in [2.24, 2.45) is 11.8 Å². The van der Waals surface area contributed by atoms with Crippen LogP contribution in [0.25, 0.3) is 0 Å². The number of hydrogen-bond donors (Lipinski definition) is 2. The molecular weight excluding hydrogens is 172 g/mol. The first kappa shape index (κ1) is 13.9. The van der Waals surface area contributed by atoms with Gasteiger partial charge in [-0.25, -0.2) is 0 Å². The van der Waals surface area contributed by atoms with Crippen molar-refractivity contribution >= 4 is 0 Å². The minimum absolute atomic E-state index is 0.741. The van der Waals surface area contributed by atoms with Crippen molar-refractivity contribution in [3.63, 3.8) is 0 Å². The fourth-order valence-electron chi connectivity index (χ4n) is 1.57. The van der Waals surface area contributed by atoms with E-state index in [2.05, 4.69) is 31.4 Å². The molecule has 0 bridgehead atoms. The molecule has 0 heterocycles. The molecule has 86 valence electrons. The van der Waals surface area contributed by atoms with Gasteiger partial charge in [0, 0.05) is 0 Å². The summed E-state index contributed by atoms with van der Waals surface area (Å²) in [7, 11) is 2.01. The first-order valence-corrected chi connectivity index (χ1v) is 6.02. The Morgan fingerprint density at radius 3 is 2.29 bits per heavy atom. The average molecular weight is 200 g/mol. The van der Waals surface area contributed by atoms with Crippen molar-refractivity contribution in [3.8, 4) is 0 Å². The van der Waals surface area contributed by atoms with Crippen molar-refractivity contribution in [2.45, 2.75) is 40.0 Å². The second-order valence-corrected chi connectivity index (χ2v) is 4.76. The van der Waals surface area contributed by atoms with Crippen LogP contribution in [-0.4, -0.2) is 26.7 Å². The quantitative estimate of drug-likeness (QED) is 0.558. The van der Waals surface area contributed by atoms with Gasteiger partial charge in [0.2, 0.25) is 0 Å². The van der Waals surface area contributed by atoms with Crippen LogP contribution in [0.15, 0.2) is 0 Å². The van der Waals surface area contributed by atoms with E-state index in [1.807, 2.05) is 7.05 Å². The molecule has 2 nitrogen and oxygen atoms in total. The second-order valence-electron chi connectivity index (χ2n) is 4.76. The van der Waals surface area contributed by atoms with Gasteiger partial charge in [0.15, 0.2) is 0 Å². The Hall–Kier alpha value is -0.0800. The topological polar surface area (TPSA) is 24.1 Å². The first-order chi connectivity index (χ1) is 6.66. The molecule has 0 radical (unpaired) electrons. The summed E-state index contributed by atoms with van der Waals surface area (Å²) in [6, 6.07) is 0. The summed E-state index contributed by atoms with van der Waals surface area (Å²) < 4.78 is 0. The minimum atomic E-state index is 0.741. The summed E-state index contributed by atoms with van der Waals surface area (Å²) in [5.74, 6) is 1.60. The number of unbranched alkanes of at least 4 members (excludes halogenated alkanes) is 1. The molecule has 0 aliphatic rings. The van der Waals surface area contributed by atoms with E-state index in [1.165, 1.54) is 25.8 Å². The van der Waals surface area contributed by atoms with Gasteiger partial charge >= 0.3 is 0 Å². The van der Waals surface area contributed by atoms with Crippen molar-refractivity contribution in [1.29, 1.82) is 0 Å². The molecule has 0 aromatic carbocycles. The van der Waals surface area contributed by atoms with E-state index in [-0.39, 0.29) is 0 Å². The van der Waals surface area contributed by atoms with Crippen LogP contribution in [0.4, 0.5) is 0 Å². The Morgan fingerprint density at radius 1 is 1.00 bits per heavy atom. The van der Waals surface area contributed by atoms with Gasteiger partial charge in [-0.1, -0.05) is 33.6 Å². The molecule has 0 amide bonds. The molecule has 2 N–H and O–H groups in total. The predicted molar refractivity (Wildman–Crippen MR) is 64.6 cm³/mol. The van der Waals surface area contributed by atoms with Gasteiger partial charge in [-0.15, -0.1) is 0 Å². The lowest BCUT2D eigenvalue weighted by Gasteiger charge is -2.11. The smallest absolute Gasteiger partial charge is 0.00110 e. The van der Waals surface area contributed by atoms with Gasteiger partial charge in [0.05, 0.1) is 0 Å². The van der Waals surface area contributed by atoms with E-state index in [1.54, 1.807) is 0 Å². The Balaban J connectivity index is 3.05. The van der Waals surface area contributed by atoms with Crippen LogP contribution < -0.4 is 10.6 Å². The molecule has 1 unspecified atom stereocenters. The molecule has 0 aromatic heterocycles. The third kappa shape index (κ3) is 10.0. The summed E-state index contributed by atoms with van der Waals surface area (Å²) in [4.78, 5) is 0. The maximum absolute atomic E-state index is 3.50. The zero-order chi connectivity index (χ0) is 10.8. The molecule has 2 heteroatoms. The third-order valence-corrected chi connectivity index (χ3v) is 2.43. The molecule has 0 aliphatic heterocycles. The summed E-state index contributed by atoms with van der Waals surface area (Å²) >= 11 is 0. The van der Waals surface area contributed by atoms with Gasteiger partial charge in [-0.05, 0) is 44.9 Å². The minimum Gasteiger partial charge on any atom is -0.319 e. The van der Waals surface area contributed by atoms with Crippen molar-refractivity contribution in [2.75, 3.05) is 26.7 Å². The van der Waals surface area contributed by atoms with Crippen molar-refractivity contribution in [3.05, 3.63) is 0 Å². The van der Waals surface area contributed by atoms with Gasteiger partial charge in [0.25, 0.3) is 0 Å². The Labute approximate surface area is 89.9 Å². The van der Waals surface area contributed by atoms with Gasteiger partial charge in [-0.2, -0.15) is 0 Å². The predicted octanol–water partition coefficient (Wildman–Crippen LogP) is 2.26. The Kier molecular flexibility index (Phi) is 9.42. The number of hydrogen-bond acceptors (Lipinski definition) is 2. The fourth-order valence-corrected chi connectivity index (χ4v) is 1.57. The summed E-state index contributed by atoms with van der Waals surface area (Å²) in [5.41, 5.74) is 0. The molecule has 0 rings (SSSR count). The standard InChI is InChI=1S/C12H28N2/c1-11(2)7-5-6-8-14-10-12(3)9-13-4/h11-14H,5-10H2,1-4H3. The highest BCUT2D eigenvalue weighted by atomic mass is 14.9. The molecule has 0 saturated heterocycles. The van der Waals surface area contributed by atoms with Crippen LogP contribution >= 0.6 is 0 Å². The van der Waals surface area contributed by atoms with E-state index in [0.29, 0.717) is 0 Å². The third-order valence-electron chi connectivity index (χ3n) is 2.43. The molecule has 0 aliphatic carbocycles. The molecule has 1 atom stereocenters. The zero-order valence-corrected chi connectivity index (χ0v) is 10.4. The summed E-state index contributed by atoms with van der Waals surface area (Å²) in [5, 5.41) is 6.70. The maximum atomic E-state index is 3.50. The van der Waals surface area contributed by atoms with Crippen LogP contribution in [0.2, 0.25) is 0 Å². The van der Waals surface area contributed by atoms with E-state index in [9.17, 15) is 0 Å². The van der Waals surface area contributed by atoms with Crippen LogP contribution in [0, 0.1) is 11.8 Å². The van der Waals surface area contributed by atoms with Gasteiger partial charge < -0.3 is 10.6 Å². The number of rotatable bonds is 9. The lowest BCUT2D eigenvalue weighted by molar-refractivity contribution is 0.471. The van der Waals surface area contributed by atoms with Gasteiger partial charge in [-0.3, -0.25) is 0 Å². The highest BCUT2D eigenvalue weighted by Crippen LogP contribution is 2.05. The highest BCUT2D eigenvalue weighted by molar-refractivity contribution is 4.58. The van der Waals surface area contributed by atoms with Crippen molar-refractivity contribution < 1.29 is 0 Å². The van der Waals surface area contributed by atoms with Crippen LogP contribution in [0.1, 0.15) is 40.0 Å². The first-order valence-electron chi connectivity index (χ1n) is 6.02. The SMILES string of the molecule is CNCC(C)CNCCCCC(C)C. The molecule has 0 aromatic rings. The zero-order valence-electron chi connectivity index (χ0n) is 10.4. The monoisotopic (exact) mass is 200 g/mol. The summed E-state index contributed by atoms with van der Waals surface area (Å²) in [6.45, 7) is 10.3. The van der Waals surface area contributed by atoms with Crippen LogP contribution in [-0.2, 0) is 0 Å². The Bertz CT molecular complexity index is 113. The number of nitrogens with one attached hydrogen (secondary N) is 2. The average Bonchev–Trinajstić information content (AvgIpc) is 2.11. The summed E-state index contributed by atoms with van der Waals surface area (Å²) in [6.07, 6.45) is 4.06. The van der Waals surface area contributed by atoms with Gasteiger partial charge in [0.1, 0.15) is 0 Å². The van der Waals surface area contributed by atoms with E-state index in [0.717, 1.165) is 24.9 Å². The largest absolute Gasteiger partial charge is 0.319 e. The lowest BCUT2D eigenvalue weighted by Crippen LogP contribution is -2.28. The molecular formula is C12H28N2. The van der Waals surface area contributed by atoms with Crippen LogP contribution in [0.3, 0.4) is 0 Å². The van der Waals surface area contributed by atoms with E-state index in [4.69, 9.17) is 0 Å². The highest BCUT2D eigenvalue weighted by Gasteiger charge is 1.99. The normalized spacial score (nSPS) is 13.5. The van der Waals surface area contributed by atoms with E-state index < -0.39 is 0 Å².